The molecule has 0 bridgehead atoms. The molecule has 0 aliphatic rings. The number of nitrogens with zero attached hydrogens (tertiary/aromatic N) is 1. The Morgan fingerprint density at radius 1 is 0.970 bits per heavy atom. The lowest BCUT2D eigenvalue weighted by atomic mass is 10.1. The normalized spacial score (nSPS) is 11.8. The first-order valence-corrected chi connectivity index (χ1v) is 11.0. The van der Waals surface area contributed by atoms with E-state index in [1.54, 1.807) is 24.7 Å². The first-order valence-electron chi connectivity index (χ1n) is 11.0. The van der Waals surface area contributed by atoms with Gasteiger partial charge in [0.25, 0.3) is 11.8 Å². The van der Waals surface area contributed by atoms with Crippen LogP contribution in [0.5, 0.6) is 0 Å². The van der Waals surface area contributed by atoms with E-state index in [2.05, 4.69) is 20.9 Å². The molecule has 33 heavy (non-hydrogen) atoms. The zero-order valence-electron chi connectivity index (χ0n) is 19.1. The zero-order valence-corrected chi connectivity index (χ0v) is 19.1. The maximum atomic E-state index is 12.9. The van der Waals surface area contributed by atoms with Crippen LogP contribution in [0.2, 0.25) is 0 Å². The molecule has 1 radical (unpaired) electrons. The highest BCUT2D eigenvalue weighted by atomic mass is 16.2. The van der Waals surface area contributed by atoms with Crippen molar-refractivity contribution < 1.29 is 14.4 Å². The number of fused-ring (bicyclic) bond motifs is 1. The molecule has 3 aromatic rings. The van der Waals surface area contributed by atoms with Crippen LogP contribution in [0.3, 0.4) is 0 Å². The van der Waals surface area contributed by atoms with E-state index in [-0.39, 0.29) is 12.5 Å². The van der Waals surface area contributed by atoms with Crippen molar-refractivity contribution in [1.82, 2.24) is 20.9 Å². The van der Waals surface area contributed by atoms with Crippen LogP contribution in [-0.2, 0) is 4.79 Å². The van der Waals surface area contributed by atoms with Crippen LogP contribution in [0.15, 0.2) is 60.8 Å². The standard InChI is InChI=1S/C26H29N4O3/c1-17(2)12-13-27-26(33)23(16-29-24(31)19-10-8-18(3)9-11-19)30-25(32)21-14-20-6-4-5-7-22(20)28-15-21/h4-11,13-15,17,23H,12,16H2,1-3H3,(H,27,33)(H,29,31)(H,30,32)/t23-/m0/s1. The second kappa shape index (κ2) is 11.2. The molecule has 2 aromatic carbocycles. The van der Waals surface area contributed by atoms with Gasteiger partial charge in [0.15, 0.2) is 0 Å². The number of aromatic nitrogens is 1. The lowest BCUT2D eigenvalue weighted by molar-refractivity contribution is -0.122. The maximum absolute atomic E-state index is 12.9. The number of carbonyl (C=O) groups is 3. The second-order valence-corrected chi connectivity index (χ2v) is 8.36. The molecule has 7 heteroatoms. The Hall–Kier alpha value is -3.74. The molecule has 7 nitrogen and oxygen atoms in total. The molecule has 0 fully saturated rings. The SMILES string of the molecule is Cc1ccc(C(=O)NC[C@H](NC(=O)c2cnc3ccccc3c2)C(=O)N[CH]CC(C)C)cc1. The summed E-state index contributed by atoms with van der Waals surface area (Å²) in [5, 5.41) is 9.02. The van der Waals surface area contributed by atoms with E-state index in [1.165, 1.54) is 6.20 Å². The second-order valence-electron chi connectivity index (χ2n) is 8.36. The van der Waals surface area contributed by atoms with Crippen LogP contribution in [0, 0.1) is 19.4 Å². The van der Waals surface area contributed by atoms with Gasteiger partial charge in [0.05, 0.1) is 11.1 Å². The Bertz CT molecular complexity index is 1130. The van der Waals surface area contributed by atoms with Gasteiger partial charge in [-0.25, -0.2) is 0 Å². The van der Waals surface area contributed by atoms with E-state index in [1.807, 2.05) is 57.2 Å². The van der Waals surface area contributed by atoms with Crippen LogP contribution >= 0.6 is 0 Å². The molecule has 0 aliphatic carbocycles. The molecule has 0 unspecified atom stereocenters. The van der Waals surface area contributed by atoms with E-state index in [0.717, 1.165) is 16.5 Å². The van der Waals surface area contributed by atoms with Crippen LogP contribution < -0.4 is 16.0 Å². The van der Waals surface area contributed by atoms with Crippen molar-refractivity contribution >= 4 is 28.6 Å². The summed E-state index contributed by atoms with van der Waals surface area (Å²) in [5.74, 6) is -0.785. The number of nitrogens with one attached hydrogen (secondary N) is 3. The van der Waals surface area contributed by atoms with Gasteiger partial charge < -0.3 is 16.0 Å². The minimum atomic E-state index is -0.957. The first kappa shape index (κ1) is 23.9. The molecule has 0 aliphatic heterocycles. The van der Waals surface area contributed by atoms with Gasteiger partial charge in [-0.15, -0.1) is 0 Å². The van der Waals surface area contributed by atoms with E-state index in [4.69, 9.17) is 0 Å². The van der Waals surface area contributed by atoms with Gasteiger partial charge in [-0.1, -0.05) is 49.7 Å². The monoisotopic (exact) mass is 445 g/mol. The summed E-state index contributed by atoms with van der Waals surface area (Å²) in [6, 6.07) is 15.4. The molecule has 1 aromatic heterocycles. The Labute approximate surface area is 194 Å². The average Bonchev–Trinajstić information content (AvgIpc) is 2.81. The zero-order chi connectivity index (χ0) is 23.8. The number of para-hydroxylation sites is 1. The predicted octanol–water partition coefficient (Wildman–Crippen LogP) is 3.40. The molecule has 0 saturated carbocycles. The molecule has 0 saturated heterocycles. The van der Waals surface area contributed by atoms with Gasteiger partial charge in [0, 0.05) is 30.2 Å². The van der Waals surface area contributed by atoms with Crippen LogP contribution in [0.1, 0.15) is 46.5 Å². The highest BCUT2D eigenvalue weighted by Crippen LogP contribution is 2.13. The predicted molar refractivity (Wildman–Crippen MR) is 128 cm³/mol. The van der Waals surface area contributed by atoms with Crippen molar-refractivity contribution in [2.45, 2.75) is 33.2 Å². The van der Waals surface area contributed by atoms with Gasteiger partial charge in [0.1, 0.15) is 6.04 Å². The number of carbonyl (C=O) groups excluding carboxylic acids is 3. The van der Waals surface area contributed by atoms with Gasteiger partial charge in [-0.2, -0.15) is 0 Å². The quantitative estimate of drug-likeness (QED) is 0.470. The van der Waals surface area contributed by atoms with Gasteiger partial charge in [-0.05, 0) is 43.5 Å². The maximum Gasteiger partial charge on any atom is 0.253 e. The summed E-state index contributed by atoms with van der Waals surface area (Å²) in [7, 11) is 0. The van der Waals surface area contributed by atoms with Crippen LogP contribution in [0.4, 0.5) is 0 Å². The number of amides is 3. The largest absolute Gasteiger partial charge is 0.349 e. The van der Waals surface area contributed by atoms with Crippen molar-refractivity contribution in [3.8, 4) is 0 Å². The van der Waals surface area contributed by atoms with Gasteiger partial charge in [-0.3, -0.25) is 19.4 Å². The number of rotatable bonds is 9. The summed E-state index contributed by atoms with van der Waals surface area (Å²) in [6.45, 7) is 7.63. The third-order valence-electron chi connectivity index (χ3n) is 5.09. The fourth-order valence-electron chi connectivity index (χ4n) is 3.14. The Morgan fingerprint density at radius 3 is 2.42 bits per heavy atom. The van der Waals surface area contributed by atoms with E-state index < -0.39 is 17.9 Å². The molecular weight excluding hydrogens is 416 g/mol. The number of pyridine rings is 1. The molecule has 3 amide bonds. The third-order valence-corrected chi connectivity index (χ3v) is 5.09. The van der Waals surface area contributed by atoms with Crippen molar-refractivity contribution in [3.05, 3.63) is 84.0 Å². The first-order chi connectivity index (χ1) is 15.8. The minimum absolute atomic E-state index is 0.0548. The number of hydrogen-bond acceptors (Lipinski definition) is 4. The molecule has 1 heterocycles. The van der Waals surface area contributed by atoms with E-state index in [9.17, 15) is 14.4 Å². The Kier molecular flexibility index (Phi) is 8.13. The van der Waals surface area contributed by atoms with Crippen molar-refractivity contribution in [2.75, 3.05) is 6.54 Å². The molecule has 3 rings (SSSR count). The fraction of sp³-hybridized carbons (Fsp3) is 0.269. The minimum Gasteiger partial charge on any atom is -0.349 e. The summed E-state index contributed by atoms with van der Waals surface area (Å²) < 4.78 is 0. The fourth-order valence-corrected chi connectivity index (χ4v) is 3.14. The molecule has 3 N–H and O–H groups in total. The molecule has 0 spiro atoms. The molecular formula is C26H29N4O3. The average molecular weight is 446 g/mol. The van der Waals surface area contributed by atoms with Crippen molar-refractivity contribution in [3.63, 3.8) is 0 Å². The topological polar surface area (TPSA) is 100 Å². The van der Waals surface area contributed by atoms with Crippen molar-refractivity contribution in [2.24, 2.45) is 5.92 Å². The summed E-state index contributed by atoms with van der Waals surface area (Å²) in [5.41, 5.74) is 2.64. The van der Waals surface area contributed by atoms with E-state index >= 15 is 0 Å². The van der Waals surface area contributed by atoms with E-state index in [0.29, 0.717) is 23.5 Å². The molecule has 1 atom stereocenters. The van der Waals surface area contributed by atoms with Gasteiger partial charge >= 0.3 is 0 Å². The summed E-state index contributed by atoms with van der Waals surface area (Å²) >= 11 is 0. The van der Waals surface area contributed by atoms with Crippen LogP contribution in [-0.4, -0.2) is 35.3 Å². The Morgan fingerprint density at radius 2 is 1.70 bits per heavy atom. The lowest BCUT2D eigenvalue weighted by Gasteiger charge is -2.19. The summed E-state index contributed by atoms with van der Waals surface area (Å²) in [6.07, 6.45) is 2.17. The third kappa shape index (κ3) is 6.87. The highest BCUT2D eigenvalue weighted by molar-refractivity contribution is 6.00. The highest BCUT2D eigenvalue weighted by Gasteiger charge is 2.23. The number of aryl methyl sites for hydroxylation is 1. The smallest absolute Gasteiger partial charge is 0.253 e. The Balaban J connectivity index is 1.70. The number of benzene rings is 2. The number of hydrogen-bond donors (Lipinski definition) is 3. The molecule has 171 valence electrons. The van der Waals surface area contributed by atoms with Crippen molar-refractivity contribution in [1.29, 1.82) is 0 Å². The summed E-state index contributed by atoms with van der Waals surface area (Å²) in [4.78, 5) is 42.5. The van der Waals surface area contributed by atoms with Gasteiger partial charge in [0.2, 0.25) is 5.91 Å². The lowest BCUT2D eigenvalue weighted by Crippen LogP contribution is -2.52. The van der Waals surface area contributed by atoms with Crippen LogP contribution in [0.25, 0.3) is 10.9 Å².